The van der Waals surface area contributed by atoms with E-state index in [-0.39, 0.29) is 25.0 Å². The normalized spacial score (nSPS) is 12.8. The first-order valence-electron chi connectivity index (χ1n) is 6.19. The van der Waals surface area contributed by atoms with E-state index < -0.39 is 0 Å². The molecule has 5 nitrogen and oxygen atoms in total. The van der Waals surface area contributed by atoms with Crippen LogP contribution in [0.3, 0.4) is 0 Å². The second kappa shape index (κ2) is 5.88. The van der Waals surface area contributed by atoms with Crippen molar-refractivity contribution in [3.8, 4) is 11.5 Å². The third kappa shape index (κ3) is 2.44. The quantitative estimate of drug-likeness (QED) is 0.453. The molecule has 0 radical (unpaired) electrons. The van der Waals surface area contributed by atoms with Crippen molar-refractivity contribution in [1.29, 1.82) is 0 Å². The average molecular weight is 276 g/mol. The van der Waals surface area contributed by atoms with E-state index in [2.05, 4.69) is 6.58 Å². The summed E-state index contributed by atoms with van der Waals surface area (Å²) in [4.78, 5) is 23.7. The number of Topliss-reactive ketones (excluding diaryl/α,β-unsaturated/α-hetero) is 2. The summed E-state index contributed by atoms with van der Waals surface area (Å²) in [6.07, 6.45) is 2.09. The molecule has 1 aliphatic rings. The van der Waals surface area contributed by atoms with Crippen LogP contribution in [-0.2, 0) is 11.2 Å². The number of hydrogen-bond donors (Lipinski definition) is 0. The van der Waals surface area contributed by atoms with Crippen molar-refractivity contribution in [3.05, 3.63) is 35.4 Å². The molecule has 0 atom stereocenters. The second-order valence-electron chi connectivity index (χ2n) is 4.42. The van der Waals surface area contributed by atoms with Crippen LogP contribution in [0.4, 0.5) is 0 Å². The van der Waals surface area contributed by atoms with Gasteiger partial charge in [0.2, 0.25) is 5.78 Å². The number of benzene rings is 1. The predicted molar refractivity (Wildman–Crippen MR) is 72.7 cm³/mol. The molecule has 0 saturated carbocycles. The molecule has 0 spiro atoms. The van der Waals surface area contributed by atoms with Crippen molar-refractivity contribution >= 4 is 11.6 Å². The molecule has 0 bridgehead atoms. The molecule has 106 valence electrons. The highest BCUT2D eigenvalue weighted by atomic mass is 16.7. The second-order valence-corrected chi connectivity index (χ2v) is 4.42. The summed E-state index contributed by atoms with van der Waals surface area (Å²) >= 11 is 0. The number of allylic oxidation sites excluding steroid dienone is 1. The molecule has 1 aromatic carbocycles. The largest absolute Gasteiger partial charge is 0.485 e. The van der Waals surface area contributed by atoms with Crippen molar-refractivity contribution in [2.75, 3.05) is 20.5 Å². The van der Waals surface area contributed by atoms with Gasteiger partial charge in [0, 0.05) is 18.2 Å². The molecule has 2 rings (SSSR count). The molecule has 5 heteroatoms. The number of carbonyl (C=O) groups excluding carboxylic acids is 2. The molecule has 1 aliphatic heterocycles. The topological polar surface area (TPSA) is 61.8 Å². The first-order chi connectivity index (χ1) is 9.60. The van der Waals surface area contributed by atoms with Gasteiger partial charge >= 0.3 is 0 Å². The SMILES string of the molecule is C=CCc1c(C(C)=O)cc2c(c1OCOC)C(=O)CO2. The number of rotatable bonds is 6. The van der Waals surface area contributed by atoms with Crippen molar-refractivity contribution in [2.45, 2.75) is 13.3 Å². The molecule has 0 fully saturated rings. The van der Waals surface area contributed by atoms with Gasteiger partial charge in [-0.25, -0.2) is 0 Å². The van der Waals surface area contributed by atoms with Crippen LogP contribution >= 0.6 is 0 Å². The molecule has 1 heterocycles. The van der Waals surface area contributed by atoms with E-state index in [1.165, 1.54) is 14.0 Å². The number of ether oxygens (including phenoxy) is 3. The summed E-state index contributed by atoms with van der Waals surface area (Å²) in [6.45, 7) is 5.10. The fourth-order valence-corrected chi connectivity index (χ4v) is 2.21. The van der Waals surface area contributed by atoms with Crippen LogP contribution in [0.15, 0.2) is 18.7 Å². The highest BCUT2D eigenvalue weighted by Gasteiger charge is 2.30. The Morgan fingerprint density at radius 3 is 2.90 bits per heavy atom. The Hall–Kier alpha value is -2.14. The summed E-state index contributed by atoms with van der Waals surface area (Å²) in [5.74, 6) is 0.470. The highest BCUT2D eigenvalue weighted by Crippen LogP contribution is 2.39. The number of carbonyl (C=O) groups is 2. The lowest BCUT2D eigenvalue weighted by atomic mass is 9.95. The summed E-state index contributed by atoms with van der Waals surface area (Å²) in [7, 11) is 1.49. The monoisotopic (exact) mass is 276 g/mol. The third-order valence-electron chi connectivity index (χ3n) is 3.03. The average Bonchev–Trinajstić information content (AvgIpc) is 2.78. The van der Waals surface area contributed by atoms with E-state index in [0.29, 0.717) is 34.6 Å². The Morgan fingerprint density at radius 1 is 1.55 bits per heavy atom. The maximum absolute atomic E-state index is 11.9. The van der Waals surface area contributed by atoms with E-state index in [0.717, 1.165) is 0 Å². The zero-order valence-electron chi connectivity index (χ0n) is 11.5. The van der Waals surface area contributed by atoms with Gasteiger partial charge in [0.25, 0.3) is 0 Å². The van der Waals surface area contributed by atoms with Crippen LogP contribution in [0.2, 0.25) is 0 Å². The highest BCUT2D eigenvalue weighted by molar-refractivity contribution is 6.07. The molecule has 0 saturated heterocycles. The van der Waals surface area contributed by atoms with Crippen molar-refractivity contribution < 1.29 is 23.8 Å². The van der Waals surface area contributed by atoms with Crippen LogP contribution in [0, 0.1) is 0 Å². The van der Waals surface area contributed by atoms with Gasteiger partial charge in [0.15, 0.2) is 19.2 Å². The van der Waals surface area contributed by atoms with Gasteiger partial charge in [0.05, 0.1) is 0 Å². The Kier molecular flexibility index (Phi) is 4.20. The number of fused-ring (bicyclic) bond motifs is 1. The first-order valence-corrected chi connectivity index (χ1v) is 6.19. The van der Waals surface area contributed by atoms with Crippen LogP contribution < -0.4 is 9.47 Å². The third-order valence-corrected chi connectivity index (χ3v) is 3.03. The van der Waals surface area contributed by atoms with Gasteiger partial charge in [-0.3, -0.25) is 9.59 Å². The molecule has 1 aromatic rings. The Balaban J connectivity index is 2.66. The molecule has 0 unspecified atom stereocenters. The lowest BCUT2D eigenvalue weighted by molar-refractivity contribution is 0.0496. The minimum atomic E-state index is -0.161. The van der Waals surface area contributed by atoms with E-state index in [9.17, 15) is 9.59 Å². The van der Waals surface area contributed by atoms with Crippen molar-refractivity contribution in [3.63, 3.8) is 0 Å². The maximum atomic E-state index is 11.9. The Bertz CT molecular complexity index is 574. The van der Waals surface area contributed by atoms with Crippen LogP contribution in [0.5, 0.6) is 11.5 Å². The zero-order valence-corrected chi connectivity index (χ0v) is 11.5. The van der Waals surface area contributed by atoms with E-state index in [1.54, 1.807) is 12.1 Å². The molecular formula is C15H16O5. The van der Waals surface area contributed by atoms with Gasteiger partial charge in [-0.2, -0.15) is 0 Å². The zero-order chi connectivity index (χ0) is 14.7. The molecule has 0 amide bonds. The molecule has 0 N–H and O–H groups in total. The van der Waals surface area contributed by atoms with E-state index >= 15 is 0 Å². The lowest BCUT2D eigenvalue weighted by Gasteiger charge is -2.16. The minimum Gasteiger partial charge on any atom is -0.485 e. The summed E-state index contributed by atoms with van der Waals surface area (Å²) in [5.41, 5.74) is 1.50. The standard InChI is InChI=1S/C15H16O5/c1-4-5-10-11(9(2)16)6-13-14(12(17)7-19-13)15(10)20-8-18-3/h4,6H,1,5,7-8H2,2-3H3. The van der Waals surface area contributed by atoms with Gasteiger partial charge < -0.3 is 14.2 Å². The first kappa shape index (κ1) is 14.3. The molecule has 0 aromatic heterocycles. The van der Waals surface area contributed by atoms with Gasteiger partial charge in [-0.15, -0.1) is 6.58 Å². The van der Waals surface area contributed by atoms with Gasteiger partial charge in [-0.1, -0.05) is 6.08 Å². The fraction of sp³-hybridized carbons (Fsp3) is 0.333. The number of hydrogen-bond acceptors (Lipinski definition) is 5. The van der Waals surface area contributed by atoms with E-state index in [4.69, 9.17) is 14.2 Å². The molecule has 20 heavy (non-hydrogen) atoms. The van der Waals surface area contributed by atoms with Crippen LogP contribution in [0.1, 0.15) is 33.2 Å². The number of ketones is 2. The van der Waals surface area contributed by atoms with E-state index in [1.807, 2.05) is 0 Å². The minimum absolute atomic E-state index is 0.00871. The smallest absolute Gasteiger partial charge is 0.207 e. The molecular weight excluding hydrogens is 260 g/mol. The maximum Gasteiger partial charge on any atom is 0.207 e. The number of methoxy groups -OCH3 is 1. The summed E-state index contributed by atoms with van der Waals surface area (Å²) in [5, 5.41) is 0. The van der Waals surface area contributed by atoms with Crippen LogP contribution in [0.25, 0.3) is 0 Å². The van der Waals surface area contributed by atoms with Crippen molar-refractivity contribution in [2.24, 2.45) is 0 Å². The predicted octanol–water partition coefficient (Wildman–Crippen LogP) is 2.18. The van der Waals surface area contributed by atoms with Crippen molar-refractivity contribution in [1.82, 2.24) is 0 Å². The molecule has 0 aliphatic carbocycles. The lowest BCUT2D eigenvalue weighted by Crippen LogP contribution is -2.10. The van der Waals surface area contributed by atoms with Crippen LogP contribution in [-0.4, -0.2) is 32.1 Å². The summed E-state index contributed by atoms with van der Waals surface area (Å²) < 4.78 is 15.7. The summed E-state index contributed by atoms with van der Waals surface area (Å²) in [6, 6.07) is 1.60. The fourth-order valence-electron chi connectivity index (χ4n) is 2.21. The Labute approximate surface area is 117 Å². The Morgan fingerprint density at radius 2 is 2.30 bits per heavy atom. The van der Waals surface area contributed by atoms with Gasteiger partial charge in [-0.05, 0) is 19.4 Å². The van der Waals surface area contributed by atoms with Gasteiger partial charge in [0.1, 0.15) is 17.1 Å².